The number of nitrogens with one attached hydrogen (secondary N) is 2. The predicted octanol–water partition coefficient (Wildman–Crippen LogP) is 2.04. The average Bonchev–Trinajstić information content (AvgIpc) is 2.72. The Balaban J connectivity index is 2.21. The van der Waals surface area contributed by atoms with E-state index in [1.807, 2.05) is 0 Å². The van der Waals surface area contributed by atoms with Crippen molar-refractivity contribution >= 4 is 40.9 Å². The van der Waals surface area contributed by atoms with Crippen molar-refractivity contribution < 1.29 is 33.4 Å². The molecule has 150 valence electrons. The van der Waals surface area contributed by atoms with Crippen LogP contribution in [0.5, 0.6) is 0 Å². The van der Waals surface area contributed by atoms with E-state index in [4.69, 9.17) is 0 Å². The molecule has 0 unspecified atom stereocenters. The second-order valence-electron chi connectivity index (χ2n) is 5.79. The summed E-state index contributed by atoms with van der Waals surface area (Å²) >= 11 is 0. The lowest BCUT2D eigenvalue weighted by Crippen LogP contribution is -2.30. The molecule has 0 fully saturated rings. The van der Waals surface area contributed by atoms with Crippen LogP contribution in [0.4, 0.5) is 11.4 Å². The number of Topliss-reactive ketones (excluding diaryl/α,β-unsaturated/α-hetero) is 1. The molecule has 0 spiro atoms. The molecule has 0 saturated carbocycles. The Morgan fingerprint density at radius 3 is 1.83 bits per heavy atom. The zero-order valence-corrected chi connectivity index (χ0v) is 15.9. The first kappa shape index (κ1) is 21.3. The van der Waals surface area contributed by atoms with Gasteiger partial charge in [0.15, 0.2) is 5.78 Å². The maximum absolute atomic E-state index is 12.3. The molecule has 9 heteroatoms. The predicted molar refractivity (Wildman–Crippen MR) is 103 cm³/mol. The van der Waals surface area contributed by atoms with E-state index in [1.165, 1.54) is 56.5 Å². The lowest BCUT2D eigenvalue weighted by molar-refractivity contribution is -0.133. The third-order valence-corrected chi connectivity index (χ3v) is 3.85. The van der Waals surface area contributed by atoms with Gasteiger partial charge in [-0.05, 0) is 49.4 Å². The van der Waals surface area contributed by atoms with Crippen molar-refractivity contribution in [2.45, 2.75) is 6.92 Å². The first-order valence-electron chi connectivity index (χ1n) is 8.30. The number of esters is 2. The summed E-state index contributed by atoms with van der Waals surface area (Å²) in [5.41, 5.74) is 0.677. The largest absolute Gasteiger partial charge is 0.465 e. The third-order valence-electron chi connectivity index (χ3n) is 3.85. The molecule has 0 aromatic heterocycles. The Bertz CT molecular complexity index is 981. The Kier molecular flexibility index (Phi) is 6.80. The smallest absolute Gasteiger partial charge is 0.339 e. The van der Waals surface area contributed by atoms with Crippen molar-refractivity contribution in [3.63, 3.8) is 0 Å². The number of anilines is 2. The highest BCUT2D eigenvalue weighted by atomic mass is 16.5. The van der Waals surface area contributed by atoms with Gasteiger partial charge in [-0.3, -0.25) is 14.4 Å². The normalized spacial score (nSPS) is 9.90. The van der Waals surface area contributed by atoms with Gasteiger partial charge in [0.2, 0.25) is 0 Å². The van der Waals surface area contributed by atoms with Gasteiger partial charge in [-0.1, -0.05) is 0 Å². The Labute approximate surface area is 166 Å². The minimum Gasteiger partial charge on any atom is -0.465 e. The van der Waals surface area contributed by atoms with Gasteiger partial charge in [0.1, 0.15) is 0 Å². The molecule has 2 rings (SSSR count). The summed E-state index contributed by atoms with van der Waals surface area (Å²) in [5, 5.41) is 4.65. The van der Waals surface area contributed by atoms with E-state index in [0.717, 1.165) is 7.11 Å². The molecule has 2 aromatic carbocycles. The number of amides is 2. The number of hydrogen-bond acceptors (Lipinski definition) is 7. The molecule has 0 radical (unpaired) electrons. The zero-order valence-electron chi connectivity index (χ0n) is 15.9. The maximum atomic E-state index is 12.3. The fraction of sp³-hybridized carbons (Fsp3) is 0.150. The van der Waals surface area contributed by atoms with Crippen LogP contribution in [0.3, 0.4) is 0 Å². The molecule has 0 aliphatic rings. The van der Waals surface area contributed by atoms with Gasteiger partial charge in [0.25, 0.3) is 0 Å². The molecular formula is C20H18N2O7. The van der Waals surface area contributed by atoms with Gasteiger partial charge in [0, 0.05) is 11.3 Å². The van der Waals surface area contributed by atoms with Gasteiger partial charge < -0.3 is 20.1 Å². The van der Waals surface area contributed by atoms with Crippen molar-refractivity contribution in [1.82, 2.24) is 0 Å². The summed E-state index contributed by atoms with van der Waals surface area (Å²) in [7, 11) is 2.33. The second-order valence-corrected chi connectivity index (χ2v) is 5.79. The third kappa shape index (κ3) is 5.25. The lowest BCUT2D eigenvalue weighted by Gasteiger charge is -2.11. The average molecular weight is 398 g/mol. The molecule has 0 saturated heterocycles. The van der Waals surface area contributed by atoms with E-state index in [-0.39, 0.29) is 22.6 Å². The quantitative estimate of drug-likeness (QED) is 0.448. The molecule has 9 nitrogen and oxygen atoms in total. The highest BCUT2D eigenvalue weighted by Gasteiger charge is 2.20. The molecule has 2 amide bonds. The highest BCUT2D eigenvalue weighted by Crippen LogP contribution is 2.20. The number of rotatable bonds is 5. The molecule has 0 heterocycles. The molecule has 2 N–H and O–H groups in total. The number of methoxy groups -OCH3 is 2. The Morgan fingerprint density at radius 2 is 1.28 bits per heavy atom. The summed E-state index contributed by atoms with van der Waals surface area (Å²) in [6.45, 7) is 1.41. The summed E-state index contributed by atoms with van der Waals surface area (Å²) in [5.74, 6) is -3.68. The highest BCUT2D eigenvalue weighted by molar-refractivity contribution is 6.44. The number of ether oxygens (including phenoxy) is 2. The Morgan fingerprint density at radius 1 is 0.724 bits per heavy atom. The van der Waals surface area contributed by atoms with Crippen LogP contribution in [0.25, 0.3) is 0 Å². The zero-order chi connectivity index (χ0) is 21.6. The van der Waals surface area contributed by atoms with Crippen LogP contribution in [0, 0.1) is 0 Å². The molecule has 0 bridgehead atoms. The maximum Gasteiger partial charge on any atom is 0.339 e. The fourth-order valence-corrected chi connectivity index (χ4v) is 2.34. The van der Waals surface area contributed by atoms with Gasteiger partial charge in [0.05, 0.1) is 31.0 Å². The standard InChI is InChI=1S/C20H18N2O7/c1-11(23)12-4-7-14(8-5-12)21-17(24)18(25)22-16-10-13(19(26)28-2)6-9-15(16)20(27)29-3/h4-10H,1-3H3,(H,21,24)(H,22,25). The van der Waals surface area contributed by atoms with Crippen molar-refractivity contribution in [2.24, 2.45) is 0 Å². The summed E-state index contributed by atoms with van der Waals surface area (Å²) < 4.78 is 9.24. The van der Waals surface area contributed by atoms with Crippen molar-refractivity contribution in [2.75, 3.05) is 24.9 Å². The topological polar surface area (TPSA) is 128 Å². The van der Waals surface area contributed by atoms with E-state index >= 15 is 0 Å². The van der Waals surface area contributed by atoms with Gasteiger partial charge >= 0.3 is 23.8 Å². The van der Waals surface area contributed by atoms with Crippen LogP contribution in [0.15, 0.2) is 42.5 Å². The van der Waals surface area contributed by atoms with E-state index in [1.54, 1.807) is 0 Å². The monoisotopic (exact) mass is 398 g/mol. The first-order chi connectivity index (χ1) is 13.8. The minimum absolute atomic E-state index is 0.0490. The summed E-state index contributed by atoms with van der Waals surface area (Å²) in [6.07, 6.45) is 0. The molecular weight excluding hydrogens is 380 g/mol. The number of benzene rings is 2. The van der Waals surface area contributed by atoms with Crippen LogP contribution in [0.2, 0.25) is 0 Å². The van der Waals surface area contributed by atoms with Crippen molar-refractivity contribution in [1.29, 1.82) is 0 Å². The molecule has 0 atom stereocenters. The van der Waals surface area contributed by atoms with Gasteiger partial charge in [-0.15, -0.1) is 0 Å². The first-order valence-corrected chi connectivity index (χ1v) is 8.30. The number of carbonyl (C=O) groups is 5. The van der Waals surface area contributed by atoms with Gasteiger partial charge in [-0.25, -0.2) is 9.59 Å². The Hall–Kier alpha value is -4.01. The van der Waals surface area contributed by atoms with E-state index in [2.05, 4.69) is 20.1 Å². The van der Waals surface area contributed by atoms with Crippen LogP contribution >= 0.6 is 0 Å². The number of carbonyl (C=O) groups excluding carboxylic acids is 5. The van der Waals surface area contributed by atoms with E-state index in [9.17, 15) is 24.0 Å². The van der Waals surface area contributed by atoms with Crippen LogP contribution in [-0.4, -0.2) is 43.8 Å². The second kappa shape index (κ2) is 9.27. The fourth-order valence-electron chi connectivity index (χ4n) is 2.34. The molecule has 0 aliphatic heterocycles. The van der Waals surface area contributed by atoms with Crippen LogP contribution < -0.4 is 10.6 Å². The number of ketones is 1. The molecule has 0 aliphatic carbocycles. The van der Waals surface area contributed by atoms with Crippen LogP contribution in [0.1, 0.15) is 38.0 Å². The summed E-state index contributed by atoms with van der Waals surface area (Å²) in [6, 6.07) is 9.75. The van der Waals surface area contributed by atoms with Crippen LogP contribution in [-0.2, 0) is 19.1 Å². The summed E-state index contributed by atoms with van der Waals surface area (Å²) in [4.78, 5) is 59.3. The van der Waals surface area contributed by atoms with E-state index < -0.39 is 23.8 Å². The van der Waals surface area contributed by atoms with E-state index in [0.29, 0.717) is 11.3 Å². The molecule has 29 heavy (non-hydrogen) atoms. The van der Waals surface area contributed by atoms with Crippen molar-refractivity contribution in [3.8, 4) is 0 Å². The minimum atomic E-state index is -1.08. The lowest BCUT2D eigenvalue weighted by atomic mass is 10.1. The molecule has 2 aromatic rings. The van der Waals surface area contributed by atoms with Crippen molar-refractivity contribution in [3.05, 3.63) is 59.2 Å². The van der Waals surface area contributed by atoms with Gasteiger partial charge in [-0.2, -0.15) is 0 Å². The SMILES string of the molecule is COC(=O)c1ccc(C(=O)OC)c(NC(=O)C(=O)Nc2ccc(C(C)=O)cc2)c1. The number of hydrogen-bond donors (Lipinski definition) is 2.